The minimum Gasteiger partial charge on any atom is -0.308 e. The van der Waals surface area contributed by atoms with Crippen molar-refractivity contribution in [2.45, 2.75) is 33.2 Å². The van der Waals surface area contributed by atoms with E-state index in [0.29, 0.717) is 0 Å². The maximum Gasteiger partial charge on any atom is 0.0753 e. The highest BCUT2D eigenvalue weighted by molar-refractivity contribution is 5.36. The lowest BCUT2D eigenvalue weighted by molar-refractivity contribution is 0.562. The van der Waals surface area contributed by atoms with Crippen LogP contribution in [0.1, 0.15) is 35.6 Å². The largest absolute Gasteiger partial charge is 0.308 e. The van der Waals surface area contributed by atoms with Crippen LogP contribution >= 0.6 is 0 Å². The monoisotopic (exact) mass is 321 g/mol. The van der Waals surface area contributed by atoms with Crippen LogP contribution in [0, 0.1) is 13.8 Å². The molecule has 2 heterocycles. The minimum atomic E-state index is 0.202. The van der Waals surface area contributed by atoms with Crippen molar-refractivity contribution < 1.29 is 0 Å². The van der Waals surface area contributed by atoms with Gasteiger partial charge in [-0.15, -0.1) is 0 Å². The molecule has 2 aromatic heterocycles. The average molecular weight is 321 g/mol. The highest BCUT2D eigenvalue weighted by Crippen LogP contribution is 2.13. The molecule has 5 heteroatoms. The van der Waals surface area contributed by atoms with Gasteiger partial charge in [-0.1, -0.05) is 12.1 Å². The quantitative estimate of drug-likeness (QED) is 0.757. The lowest BCUT2D eigenvalue weighted by Gasteiger charge is -2.13. The molecule has 0 aliphatic carbocycles. The van der Waals surface area contributed by atoms with Crippen molar-refractivity contribution in [2.24, 2.45) is 0 Å². The number of nitrogens with zero attached hydrogens (tertiary/aromatic N) is 4. The van der Waals surface area contributed by atoms with E-state index in [4.69, 9.17) is 0 Å². The summed E-state index contributed by atoms with van der Waals surface area (Å²) < 4.78 is 1.98. The smallest absolute Gasteiger partial charge is 0.0753 e. The summed E-state index contributed by atoms with van der Waals surface area (Å²) in [5.74, 6) is 0. The molecule has 124 valence electrons. The zero-order chi connectivity index (χ0) is 16.9. The second kappa shape index (κ2) is 7.36. The summed E-state index contributed by atoms with van der Waals surface area (Å²) in [4.78, 5) is 8.43. The summed E-state index contributed by atoms with van der Waals surface area (Å²) >= 11 is 0. The molecule has 0 radical (unpaired) electrons. The van der Waals surface area contributed by atoms with Crippen LogP contribution in [0.4, 0.5) is 0 Å². The van der Waals surface area contributed by atoms with Crippen LogP contribution in [0.25, 0.3) is 5.69 Å². The normalized spacial score (nSPS) is 12.3. The first kappa shape index (κ1) is 16.3. The van der Waals surface area contributed by atoms with Crippen molar-refractivity contribution in [3.8, 4) is 5.69 Å². The van der Waals surface area contributed by atoms with Gasteiger partial charge in [0.1, 0.15) is 0 Å². The van der Waals surface area contributed by atoms with E-state index < -0.39 is 0 Å². The number of hydrogen-bond donors (Lipinski definition) is 1. The molecule has 24 heavy (non-hydrogen) atoms. The summed E-state index contributed by atoms with van der Waals surface area (Å²) in [7, 11) is 0. The van der Waals surface area contributed by atoms with E-state index in [2.05, 4.69) is 64.6 Å². The topological polar surface area (TPSA) is 55.6 Å². The van der Waals surface area contributed by atoms with Gasteiger partial charge in [0.25, 0.3) is 0 Å². The molecule has 0 aliphatic heterocycles. The van der Waals surface area contributed by atoms with Crippen LogP contribution in [0.2, 0.25) is 0 Å². The van der Waals surface area contributed by atoms with Crippen LogP contribution in [-0.4, -0.2) is 26.3 Å². The van der Waals surface area contributed by atoms with Crippen molar-refractivity contribution in [2.75, 3.05) is 6.54 Å². The first-order valence-electron chi connectivity index (χ1n) is 8.25. The molecule has 0 fully saturated rings. The van der Waals surface area contributed by atoms with Gasteiger partial charge >= 0.3 is 0 Å². The zero-order valence-electron chi connectivity index (χ0n) is 14.4. The van der Waals surface area contributed by atoms with Crippen LogP contribution in [0.3, 0.4) is 0 Å². The number of rotatable bonds is 6. The summed E-state index contributed by atoms with van der Waals surface area (Å²) in [6, 6.07) is 10.9. The van der Waals surface area contributed by atoms with Crippen LogP contribution in [0.5, 0.6) is 0 Å². The fourth-order valence-electron chi connectivity index (χ4n) is 2.77. The van der Waals surface area contributed by atoms with E-state index in [0.717, 1.165) is 35.7 Å². The van der Waals surface area contributed by atoms with Crippen LogP contribution in [-0.2, 0) is 6.42 Å². The van der Waals surface area contributed by atoms with Gasteiger partial charge in [0, 0.05) is 30.3 Å². The second-order valence-corrected chi connectivity index (χ2v) is 6.06. The molecule has 3 rings (SSSR count). The molecule has 0 aliphatic rings. The van der Waals surface area contributed by atoms with Gasteiger partial charge < -0.3 is 5.32 Å². The van der Waals surface area contributed by atoms with Crippen molar-refractivity contribution in [1.82, 2.24) is 25.1 Å². The summed E-state index contributed by atoms with van der Waals surface area (Å²) in [5.41, 5.74) is 5.57. The molecule has 0 saturated carbocycles. The Kier molecular flexibility index (Phi) is 5.01. The van der Waals surface area contributed by atoms with E-state index in [1.807, 2.05) is 11.6 Å². The lowest BCUT2D eigenvalue weighted by Crippen LogP contribution is -2.22. The third kappa shape index (κ3) is 3.86. The second-order valence-electron chi connectivity index (χ2n) is 6.06. The van der Waals surface area contributed by atoms with Gasteiger partial charge in [0.2, 0.25) is 0 Å². The Hall–Kier alpha value is -2.53. The maximum atomic E-state index is 4.52. The Labute approximate surface area is 142 Å². The SMILES string of the molecule is Cc1cc(C)n(-c2ccc(CCN[C@H](C)c3cnccn3)cc2)n1. The number of hydrogen-bond acceptors (Lipinski definition) is 4. The fraction of sp³-hybridized carbons (Fsp3) is 0.316. The Morgan fingerprint density at radius 2 is 1.92 bits per heavy atom. The Balaban J connectivity index is 1.56. The Morgan fingerprint density at radius 1 is 1.12 bits per heavy atom. The number of benzene rings is 1. The molecule has 0 saturated heterocycles. The van der Waals surface area contributed by atoms with Gasteiger partial charge in [-0.05, 0) is 57.5 Å². The molecule has 1 aromatic carbocycles. The average Bonchev–Trinajstić information content (AvgIpc) is 2.94. The predicted molar refractivity (Wildman–Crippen MR) is 95.2 cm³/mol. The molecule has 1 atom stereocenters. The first-order valence-corrected chi connectivity index (χ1v) is 8.25. The highest BCUT2D eigenvalue weighted by atomic mass is 15.3. The van der Waals surface area contributed by atoms with Gasteiger partial charge in [-0.3, -0.25) is 9.97 Å². The molecule has 1 N–H and O–H groups in total. The van der Waals surface area contributed by atoms with Gasteiger partial charge in [-0.2, -0.15) is 5.10 Å². The third-order valence-electron chi connectivity index (χ3n) is 4.08. The first-order chi connectivity index (χ1) is 11.6. The summed E-state index contributed by atoms with van der Waals surface area (Å²) in [5, 5.41) is 8.01. The summed E-state index contributed by atoms with van der Waals surface area (Å²) in [6.45, 7) is 7.10. The Bertz CT molecular complexity index is 777. The maximum absolute atomic E-state index is 4.52. The van der Waals surface area contributed by atoms with Crippen molar-refractivity contribution in [3.63, 3.8) is 0 Å². The number of nitrogens with one attached hydrogen (secondary N) is 1. The van der Waals surface area contributed by atoms with E-state index in [-0.39, 0.29) is 6.04 Å². The van der Waals surface area contributed by atoms with Gasteiger partial charge in [-0.25, -0.2) is 4.68 Å². The number of aryl methyl sites for hydroxylation is 2. The third-order valence-corrected chi connectivity index (χ3v) is 4.08. The molecule has 3 aromatic rings. The van der Waals surface area contributed by atoms with Crippen molar-refractivity contribution in [1.29, 1.82) is 0 Å². The minimum absolute atomic E-state index is 0.202. The van der Waals surface area contributed by atoms with E-state index in [9.17, 15) is 0 Å². The fourth-order valence-corrected chi connectivity index (χ4v) is 2.77. The van der Waals surface area contributed by atoms with Gasteiger partial charge in [0.15, 0.2) is 0 Å². The van der Waals surface area contributed by atoms with Gasteiger partial charge in [0.05, 0.1) is 17.1 Å². The molecule has 0 spiro atoms. The van der Waals surface area contributed by atoms with Crippen LogP contribution in [0.15, 0.2) is 48.9 Å². The lowest BCUT2D eigenvalue weighted by atomic mass is 10.1. The zero-order valence-corrected chi connectivity index (χ0v) is 14.4. The van der Waals surface area contributed by atoms with E-state index in [1.54, 1.807) is 18.6 Å². The van der Waals surface area contributed by atoms with Crippen LogP contribution < -0.4 is 5.32 Å². The predicted octanol–water partition coefficient (Wildman–Crippen LogP) is 3.17. The number of aromatic nitrogens is 4. The molecule has 0 bridgehead atoms. The molecule has 0 amide bonds. The molecular weight excluding hydrogens is 298 g/mol. The standard InChI is InChI=1S/C19H23N5/c1-14-12-15(2)24(23-14)18-6-4-17(5-7-18)8-9-21-16(3)19-13-20-10-11-22-19/h4-7,10-13,16,21H,8-9H2,1-3H3/t16-/m1/s1. The molecular formula is C19H23N5. The van der Waals surface area contributed by atoms with Crippen molar-refractivity contribution >= 4 is 0 Å². The summed E-state index contributed by atoms with van der Waals surface area (Å²) in [6.07, 6.45) is 6.20. The van der Waals surface area contributed by atoms with E-state index >= 15 is 0 Å². The van der Waals surface area contributed by atoms with E-state index in [1.165, 1.54) is 5.56 Å². The highest BCUT2D eigenvalue weighted by Gasteiger charge is 2.06. The van der Waals surface area contributed by atoms with Crippen molar-refractivity contribution in [3.05, 3.63) is 71.6 Å². The Morgan fingerprint density at radius 3 is 2.54 bits per heavy atom. The molecule has 0 unspecified atom stereocenters. The molecule has 5 nitrogen and oxygen atoms in total.